The maximum atomic E-state index is 13.3. The average Bonchev–Trinajstić information content (AvgIpc) is 2.95. The molecule has 1 aromatic carbocycles. The molecule has 0 saturated carbocycles. The minimum atomic E-state index is -2.48. The normalized spacial score (nSPS) is 19.3. The van der Waals surface area contributed by atoms with Gasteiger partial charge in [0.2, 0.25) is 16.8 Å². The SMILES string of the molecule is O=C1OCC/C=C/CC/C=C/C(=N\OCC(=O)N2CCCCC2)Cc2c(Cl)c(OCP(O)O)cc(OCP(O)O)c21. The Morgan fingerprint density at radius 1 is 0.976 bits per heavy atom. The van der Waals surface area contributed by atoms with Crippen molar-refractivity contribution in [2.75, 3.05) is 39.0 Å². The summed E-state index contributed by atoms with van der Waals surface area (Å²) in [6.45, 7) is 1.18. The van der Waals surface area contributed by atoms with Crippen LogP contribution < -0.4 is 9.47 Å². The summed E-state index contributed by atoms with van der Waals surface area (Å²) < 4.78 is 16.5. The molecular weight excluding hydrogens is 598 g/mol. The van der Waals surface area contributed by atoms with Gasteiger partial charge in [0.15, 0.2) is 19.3 Å². The van der Waals surface area contributed by atoms with Crippen LogP contribution in [0.1, 0.15) is 54.4 Å². The summed E-state index contributed by atoms with van der Waals surface area (Å²) in [7, 11) is -4.91. The molecule has 226 valence electrons. The number of piperidine rings is 1. The number of halogens is 1. The lowest BCUT2D eigenvalue weighted by molar-refractivity contribution is -0.137. The quantitative estimate of drug-likeness (QED) is 0.135. The van der Waals surface area contributed by atoms with Crippen LogP contribution in [-0.2, 0) is 20.8 Å². The number of hydrogen-bond acceptors (Lipinski definition) is 11. The van der Waals surface area contributed by atoms with Crippen molar-refractivity contribution in [3.63, 3.8) is 0 Å². The van der Waals surface area contributed by atoms with E-state index in [2.05, 4.69) is 5.16 Å². The third-order valence-electron chi connectivity index (χ3n) is 6.10. The first-order valence-corrected chi connectivity index (χ1v) is 16.4. The molecule has 1 saturated heterocycles. The number of rotatable bonds is 9. The number of oxime groups is 1. The lowest BCUT2D eigenvalue weighted by Crippen LogP contribution is -2.37. The van der Waals surface area contributed by atoms with Crippen LogP contribution in [0, 0.1) is 0 Å². The van der Waals surface area contributed by atoms with Crippen LogP contribution in [0.2, 0.25) is 5.02 Å². The van der Waals surface area contributed by atoms with Crippen LogP contribution in [0.25, 0.3) is 0 Å². The summed E-state index contributed by atoms with van der Waals surface area (Å²) in [4.78, 5) is 70.7. The molecule has 0 aliphatic carbocycles. The highest BCUT2D eigenvalue weighted by Gasteiger charge is 2.27. The van der Waals surface area contributed by atoms with Gasteiger partial charge in [-0.1, -0.05) is 35.0 Å². The molecule has 1 amide bonds. The molecule has 15 heteroatoms. The number of likely N-dealkylation sites (tertiary alicyclic amines) is 1. The molecule has 0 spiro atoms. The zero-order chi connectivity index (χ0) is 29.6. The second-order valence-corrected chi connectivity index (χ2v) is 11.6. The van der Waals surface area contributed by atoms with Gasteiger partial charge in [0.05, 0.1) is 17.3 Å². The Labute approximate surface area is 246 Å². The van der Waals surface area contributed by atoms with E-state index in [0.29, 0.717) is 31.6 Å². The summed E-state index contributed by atoms with van der Waals surface area (Å²) >= 11 is 6.68. The molecule has 2 aliphatic rings. The van der Waals surface area contributed by atoms with E-state index in [-0.39, 0.29) is 53.2 Å². The maximum Gasteiger partial charge on any atom is 0.342 e. The molecular formula is C26H35ClN2O10P2. The molecule has 3 rings (SSSR count). The first-order valence-electron chi connectivity index (χ1n) is 13.1. The minimum Gasteiger partial charge on any atom is -0.483 e. The topological polar surface area (TPSA) is 168 Å². The van der Waals surface area contributed by atoms with Gasteiger partial charge in [-0.3, -0.25) is 4.79 Å². The highest BCUT2D eigenvalue weighted by molar-refractivity contribution is 7.45. The molecule has 2 aliphatic heterocycles. The fourth-order valence-corrected chi connectivity index (χ4v) is 4.95. The lowest BCUT2D eigenvalue weighted by Gasteiger charge is -2.26. The standard InChI is InChI=1S/C26H35ClN2O10P2/c27-25-20-14-19(28-39-16-23(30)29-11-7-5-8-12-29)10-6-3-1-2-4-9-13-36-26(31)24(20)21(37-17-40(32)33)15-22(25)38-18-41(34)35/h2,4,6,10,15,32-35H,1,3,5,7-9,11-14,16-18H2/b4-2+,10-6+,28-19+. The first kappa shape index (κ1) is 33.2. The summed E-state index contributed by atoms with van der Waals surface area (Å²) in [5, 5.41) is 4.15. The average molecular weight is 633 g/mol. The summed E-state index contributed by atoms with van der Waals surface area (Å²) in [5.74, 6) is -1.08. The van der Waals surface area contributed by atoms with Crippen LogP contribution in [0.4, 0.5) is 0 Å². The fourth-order valence-electron chi connectivity index (χ4n) is 4.17. The second-order valence-electron chi connectivity index (χ2n) is 9.18. The Balaban J connectivity index is 2.01. The predicted molar refractivity (Wildman–Crippen MR) is 155 cm³/mol. The molecule has 2 heterocycles. The van der Waals surface area contributed by atoms with E-state index in [4.69, 9.17) is 30.6 Å². The van der Waals surface area contributed by atoms with Crippen LogP contribution >= 0.6 is 28.4 Å². The van der Waals surface area contributed by atoms with Crippen molar-refractivity contribution in [3.05, 3.63) is 46.5 Å². The number of ether oxygens (including phenoxy) is 3. The van der Waals surface area contributed by atoms with Gasteiger partial charge in [0, 0.05) is 25.6 Å². The number of amides is 1. The maximum absolute atomic E-state index is 13.3. The number of fused-ring (bicyclic) bond motifs is 1. The smallest absolute Gasteiger partial charge is 0.342 e. The number of benzene rings is 1. The van der Waals surface area contributed by atoms with Gasteiger partial charge in [0.1, 0.15) is 17.1 Å². The number of allylic oxidation sites excluding steroid dienone is 3. The summed E-state index contributed by atoms with van der Waals surface area (Å²) in [5.41, 5.74) is 0.419. The Kier molecular flexibility index (Phi) is 14.3. The zero-order valence-electron chi connectivity index (χ0n) is 22.5. The summed E-state index contributed by atoms with van der Waals surface area (Å²) in [6.07, 6.45) is 11.3. The van der Waals surface area contributed by atoms with E-state index in [1.54, 1.807) is 11.0 Å². The Morgan fingerprint density at radius 3 is 2.34 bits per heavy atom. The van der Waals surface area contributed by atoms with Gasteiger partial charge in [-0.25, -0.2) is 4.79 Å². The van der Waals surface area contributed by atoms with Gasteiger partial charge in [-0.2, -0.15) is 0 Å². The molecule has 0 radical (unpaired) electrons. The largest absolute Gasteiger partial charge is 0.483 e. The number of hydrogen-bond donors (Lipinski definition) is 4. The molecule has 1 fully saturated rings. The van der Waals surface area contributed by atoms with E-state index in [1.165, 1.54) is 6.07 Å². The van der Waals surface area contributed by atoms with Crippen molar-refractivity contribution < 1.29 is 48.2 Å². The van der Waals surface area contributed by atoms with Crippen molar-refractivity contribution in [2.24, 2.45) is 5.16 Å². The highest BCUT2D eigenvalue weighted by atomic mass is 35.5. The van der Waals surface area contributed by atoms with Gasteiger partial charge in [-0.15, -0.1) is 0 Å². The van der Waals surface area contributed by atoms with E-state index in [9.17, 15) is 29.2 Å². The third kappa shape index (κ3) is 11.1. The van der Waals surface area contributed by atoms with Crippen molar-refractivity contribution in [1.29, 1.82) is 0 Å². The van der Waals surface area contributed by atoms with Gasteiger partial charge < -0.3 is 43.5 Å². The van der Waals surface area contributed by atoms with Gasteiger partial charge in [-0.05, 0) is 50.2 Å². The van der Waals surface area contributed by atoms with Crippen LogP contribution in [-0.4, -0.2) is 81.1 Å². The molecule has 0 unspecified atom stereocenters. The fraction of sp³-hybridized carbons (Fsp3) is 0.500. The van der Waals surface area contributed by atoms with Crippen LogP contribution in [0.15, 0.2) is 35.5 Å². The van der Waals surface area contributed by atoms with E-state index < -0.39 is 35.4 Å². The molecule has 4 N–H and O–H groups in total. The number of nitrogens with zero attached hydrogens (tertiary/aromatic N) is 2. The van der Waals surface area contributed by atoms with Crippen LogP contribution in [0.5, 0.6) is 11.5 Å². The van der Waals surface area contributed by atoms with Gasteiger partial charge >= 0.3 is 5.97 Å². The van der Waals surface area contributed by atoms with E-state index in [0.717, 1.165) is 25.7 Å². The molecule has 0 aromatic heterocycles. The Morgan fingerprint density at radius 2 is 1.63 bits per heavy atom. The first-order chi connectivity index (χ1) is 19.8. The number of carbonyl (C=O) groups is 2. The Hall–Kier alpha value is -2.30. The minimum absolute atomic E-state index is 0.0300. The number of cyclic esters (lactones) is 1. The van der Waals surface area contributed by atoms with Crippen molar-refractivity contribution in [3.8, 4) is 11.5 Å². The van der Waals surface area contributed by atoms with Crippen molar-refractivity contribution in [2.45, 2.75) is 44.9 Å². The lowest BCUT2D eigenvalue weighted by atomic mass is 9.99. The molecule has 0 bridgehead atoms. The van der Waals surface area contributed by atoms with E-state index >= 15 is 0 Å². The molecule has 1 aromatic rings. The molecule has 0 atom stereocenters. The monoisotopic (exact) mass is 632 g/mol. The highest BCUT2D eigenvalue weighted by Crippen LogP contribution is 2.41. The van der Waals surface area contributed by atoms with Crippen molar-refractivity contribution >= 4 is 45.9 Å². The van der Waals surface area contributed by atoms with Crippen LogP contribution in [0.3, 0.4) is 0 Å². The predicted octanol–water partition coefficient (Wildman–Crippen LogP) is 3.99. The zero-order valence-corrected chi connectivity index (χ0v) is 25.0. The molecule has 41 heavy (non-hydrogen) atoms. The number of esters is 1. The molecule has 12 nitrogen and oxygen atoms in total. The third-order valence-corrected chi connectivity index (χ3v) is 7.23. The van der Waals surface area contributed by atoms with Gasteiger partial charge in [0.25, 0.3) is 5.91 Å². The summed E-state index contributed by atoms with van der Waals surface area (Å²) in [6, 6.07) is 1.25. The second kappa shape index (κ2) is 17.6. The van der Waals surface area contributed by atoms with Crippen molar-refractivity contribution in [1.82, 2.24) is 4.90 Å². The number of carbonyl (C=O) groups excluding carboxylic acids is 2. The van der Waals surface area contributed by atoms with E-state index in [1.807, 2.05) is 18.2 Å². The Bertz CT molecular complexity index is 1120.